The van der Waals surface area contributed by atoms with Gasteiger partial charge in [-0.2, -0.15) is 11.8 Å². The van der Waals surface area contributed by atoms with Gasteiger partial charge in [-0.1, -0.05) is 13.8 Å². The minimum absolute atomic E-state index is 0.0123. The molecule has 3 unspecified atom stereocenters. The molecule has 3 atom stereocenters. The van der Waals surface area contributed by atoms with Crippen molar-refractivity contribution >= 4 is 11.8 Å². The number of rotatable bonds is 3. The van der Waals surface area contributed by atoms with Gasteiger partial charge in [-0.05, 0) is 36.9 Å². The summed E-state index contributed by atoms with van der Waals surface area (Å²) in [6.45, 7) is 4.72. The van der Waals surface area contributed by atoms with Crippen LogP contribution in [0.15, 0.2) is 0 Å². The van der Waals surface area contributed by atoms with Crippen LogP contribution in [0.25, 0.3) is 0 Å². The van der Waals surface area contributed by atoms with Crippen LogP contribution in [0.5, 0.6) is 0 Å². The standard InChI is InChI=1S/C13H24FNOS/c1-10(2)13(14,8-15)11-3-5-16-12(7-11)4-6-17-9-12/h10-11H,3-9,15H2,1-2H3. The van der Waals surface area contributed by atoms with Gasteiger partial charge in [0.05, 0.1) is 5.60 Å². The molecule has 1 spiro atoms. The molecule has 0 aromatic rings. The zero-order valence-electron chi connectivity index (χ0n) is 10.9. The van der Waals surface area contributed by atoms with Crippen molar-refractivity contribution in [1.29, 1.82) is 0 Å². The van der Waals surface area contributed by atoms with Gasteiger partial charge in [-0.25, -0.2) is 4.39 Å². The molecule has 0 amide bonds. The van der Waals surface area contributed by atoms with Gasteiger partial charge in [0.1, 0.15) is 5.67 Å². The van der Waals surface area contributed by atoms with Gasteiger partial charge in [-0.3, -0.25) is 0 Å². The highest BCUT2D eigenvalue weighted by atomic mass is 32.2. The molecule has 0 saturated carbocycles. The van der Waals surface area contributed by atoms with Crippen LogP contribution in [-0.4, -0.2) is 35.9 Å². The van der Waals surface area contributed by atoms with Crippen molar-refractivity contribution < 1.29 is 9.13 Å². The fourth-order valence-electron chi connectivity index (χ4n) is 3.17. The Morgan fingerprint density at radius 2 is 2.35 bits per heavy atom. The van der Waals surface area contributed by atoms with E-state index >= 15 is 0 Å². The van der Waals surface area contributed by atoms with E-state index in [9.17, 15) is 4.39 Å². The molecule has 2 heterocycles. The van der Waals surface area contributed by atoms with Crippen molar-refractivity contribution in [3.8, 4) is 0 Å². The van der Waals surface area contributed by atoms with Crippen molar-refractivity contribution in [2.45, 2.75) is 44.4 Å². The van der Waals surface area contributed by atoms with E-state index < -0.39 is 5.67 Å². The van der Waals surface area contributed by atoms with Crippen LogP contribution in [0, 0.1) is 11.8 Å². The molecule has 0 bridgehead atoms. The largest absolute Gasteiger partial charge is 0.374 e. The van der Waals surface area contributed by atoms with Crippen LogP contribution >= 0.6 is 11.8 Å². The van der Waals surface area contributed by atoms with E-state index in [1.54, 1.807) is 0 Å². The summed E-state index contributed by atoms with van der Waals surface area (Å²) in [5, 5.41) is 0. The molecule has 0 aromatic heterocycles. The average Bonchev–Trinajstić information content (AvgIpc) is 2.76. The molecule has 2 fully saturated rings. The Bertz CT molecular complexity index is 268. The van der Waals surface area contributed by atoms with Gasteiger partial charge in [0.25, 0.3) is 0 Å². The maximum atomic E-state index is 15.0. The molecular weight excluding hydrogens is 237 g/mol. The highest BCUT2D eigenvalue weighted by molar-refractivity contribution is 7.99. The minimum Gasteiger partial charge on any atom is -0.374 e. The Kier molecular flexibility index (Phi) is 4.06. The van der Waals surface area contributed by atoms with Crippen molar-refractivity contribution in [2.75, 3.05) is 24.7 Å². The van der Waals surface area contributed by atoms with Crippen LogP contribution < -0.4 is 5.73 Å². The molecule has 2 N–H and O–H groups in total. The number of ether oxygens (including phenoxy) is 1. The highest BCUT2D eigenvalue weighted by Gasteiger charge is 2.49. The predicted molar refractivity (Wildman–Crippen MR) is 71.1 cm³/mol. The molecule has 2 rings (SSSR count). The third-order valence-electron chi connectivity index (χ3n) is 4.51. The Hall–Kier alpha value is 0.200. The first-order valence-corrected chi connectivity index (χ1v) is 7.78. The molecule has 0 radical (unpaired) electrons. The summed E-state index contributed by atoms with van der Waals surface area (Å²) < 4.78 is 20.9. The van der Waals surface area contributed by atoms with E-state index in [1.165, 1.54) is 0 Å². The SMILES string of the molecule is CC(C)C(F)(CN)C1CCOC2(CCSC2)C1. The Balaban J connectivity index is 2.10. The normalized spacial score (nSPS) is 37.6. The maximum absolute atomic E-state index is 15.0. The quantitative estimate of drug-likeness (QED) is 0.848. The lowest BCUT2D eigenvalue weighted by atomic mass is 9.72. The van der Waals surface area contributed by atoms with E-state index in [0.29, 0.717) is 6.61 Å². The van der Waals surface area contributed by atoms with Crippen molar-refractivity contribution in [3.05, 3.63) is 0 Å². The number of hydrogen-bond acceptors (Lipinski definition) is 3. The van der Waals surface area contributed by atoms with Crippen molar-refractivity contribution in [2.24, 2.45) is 17.6 Å². The molecule has 2 aliphatic rings. The molecule has 0 aliphatic carbocycles. The first kappa shape index (κ1) is 13.6. The van der Waals surface area contributed by atoms with Gasteiger partial charge < -0.3 is 10.5 Å². The van der Waals surface area contributed by atoms with Gasteiger partial charge >= 0.3 is 0 Å². The smallest absolute Gasteiger partial charge is 0.128 e. The molecule has 4 heteroatoms. The highest BCUT2D eigenvalue weighted by Crippen LogP contribution is 2.46. The van der Waals surface area contributed by atoms with Crippen molar-refractivity contribution in [3.63, 3.8) is 0 Å². The second kappa shape index (κ2) is 5.06. The number of halogens is 1. The number of thioether (sulfide) groups is 1. The average molecular weight is 261 g/mol. The second-order valence-electron chi connectivity index (χ2n) is 5.81. The Morgan fingerprint density at radius 1 is 1.59 bits per heavy atom. The summed E-state index contributed by atoms with van der Waals surface area (Å²) in [7, 11) is 0. The number of nitrogens with two attached hydrogens (primary N) is 1. The summed E-state index contributed by atoms with van der Waals surface area (Å²) in [6.07, 6.45) is 2.75. The molecule has 2 saturated heterocycles. The van der Waals surface area contributed by atoms with E-state index in [1.807, 2.05) is 25.6 Å². The van der Waals surface area contributed by atoms with Gasteiger partial charge in [0.2, 0.25) is 0 Å². The number of hydrogen-bond donors (Lipinski definition) is 1. The van der Waals surface area contributed by atoms with E-state index in [4.69, 9.17) is 10.5 Å². The summed E-state index contributed by atoms with van der Waals surface area (Å²) in [4.78, 5) is 0. The molecular formula is C13H24FNOS. The zero-order valence-corrected chi connectivity index (χ0v) is 11.7. The van der Waals surface area contributed by atoms with Crippen LogP contribution in [0.3, 0.4) is 0 Å². The van der Waals surface area contributed by atoms with Crippen LogP contribution in [0.2, 0.25) is 0 Å². The monoisotopic (exact) mass is 261 g/mol. The van der Waals surface area contributed by atoms with Crippen molar-refractivity contribution in [1.82, 2.24) is 0 Å². The fraction of sp³-hybridized carbons (Fsp3) is 1.00. The Morgan fingerprint density at radius 3 is 2.88 bits per heavy atom. The second-order valence-corrected chi connectivity index (χ2v) is 6.91. The summed E-state index contributed by atoms with van der Waals surface area (Å²) in [5.41, 5.74) is 4.44. The molecule has 2 nitrogen and oxygen atoms in total. The third-order valence-corrected chi connectivity index (χ3v) is 5.73. The first-order chi connectivity index (χ1) is 8.02. The first-order valence-electron chi connectivity index (χ1n) is 6.63. The fourth-order valence-corrected chi connectivity index (χ4v) is 4.55. The topological polar surface area (TPSA) is 35.2 Å². The predicted octanol–water partition coefficient (Wildman–Crippen LogP) is 2.61. The number of alkyl halides is 1. The van der Waals surface area contributed by atoms with E-state index in [0.717, 1.165) is 30.8 Å². The Labute approximate surface area is 108 Å². The maximum Gasteiger partial charge on any atom is 0.128 e. The summed E-state index contributed by atoms with van der Waals surface area (Å²) in [6, 6.07) is 0. The molecule has 2 aliphatic heterocycles. The zero-order chi connectivity index (χ0) is 12.5. The van der Waals surface area contributed by atoms with Gasteiger partial charge in [0, 0.05) is 18.9 Å². The molecule has 17 heavy (non-hydrogen) atoms. The lowest BCUT2D eigenvalue weighted by Gasteiger charge is -2.45. The summed E-state index contributed by atoms with van der Waals surface area (Å²) >= 11 is 1.93. The van der Waals surface area contributed by atoms with Crippen LogP contribution in [0.1, 0.15) is 33.1 Å². The van der Waals surface area contributed by atoms with Gasteiger partial charge in [0.15, 0.2) is 0 Å². The molecule has 0 aromatic carbocycles. The third kappa shape index (κ3) is 2.49. The lowest BCUT2D eigenvalue weighted by molar-refractivity contribution is -0.118. The van der Waals surface area contributed by atoms with E-state index in [2.05, 4.69) is 0 Å². The molecule has 100 valence electrons. The van der Waals surface area contributed by atoms with Crippen LogP contribution in [0.4, 0.5) is 4.39 Å². The van der Waals surface area contributed by atoms with Gasteiger partial charge in [-0.15, -0.1) is 0 Å². The summed E-state index contributed by atoms with van der Waals surface area (Å²) in [5.74, 6) is 2.24. The minimum atomic E-state index is -1.22. The lowest BCUT2D eigenvalue weighted by Crippen LogP contribution is -2.52. The van der Waals surface area contributed by atoms with E-state index in [-0.39, 0.29) is 24.0 Å². The van der Waals surface area contributed by atoms with Crippen LogP contribution in [-0.2, 0) is 4.74 Å².